The molecule has 0 aliphatic heterocycles. The summed E-state index contributed by atoms with van der Waals surface area (Å²) in [6, 6.07) is 0. The lowest BCUT2D eigenvalue weighted by Gasteiger charge is -2.08. The molecule has 0 atom stereocenters. The Labute approximate surface area is 105 Å². The lowest BCUT2D eigenvalue weighted by molar-refractivity contribution is 0.762. The normalized spacial score (nSPS) is 14.1. The summed E-state index contributed by atoms with van der Waals surface area (Å²) in [4.78, 5) is 0. The summed E-state index contributed by atoms with van der Waals surface area (Å²) in [5.41, 5.74) is 4.93. The van der Waals surface area contributed by atoms with E-state index in [9.17, 15) is 0 Å². The second-order valence-corrected chi connectivity index (χ2v) is 17.0. The molecule has 0 aromatic heterocycles. The maximum atomic E-state index is 2.46. The van der Waals surface area contributed by atoms with Crippen LogP contribution in [0.25, 0.3) is 0 Å². The number of hydrogen-bond donors (Lipinski definition) is 0. The maximum absolute atomic E-state index is 2.46. The first-order valence-electron chi connectivity index (χ1n) is 6.56. The Balaban J connectivity index is 3.49. The van der Waals surface area contributed by atoms with Crippen LogP contribution in [0, 0.1) is 0 Å². The van der Waals surface area contributed by atoms with Crippen molar-refractivity contribution < 1.29 is 0 Å². The highest BCUT2D eigenvalue weighted by Crippen LogP contribution is 2.08. The highest BCUT2D eigenvalue weighted by molar-refractivity contribution is 6.81. The lowest BCUT2D eigenvalue weighted by atomic mass is 10.2. The van der Waals surface area contributed by atoms with E-state index in [0.29, 0.717) is 0 Å². The van der Waals surface area contributed by atoms with Gasteiger partial charge in [0, 0.05) is 0 Å². The average Bonchev–Trinajstić information content (AvgIpc) is 2.06. The Bertz CT molecular complexity index is 200. The molecule has 0 aliphatic rings. The van der Waals surface area contributed by atoms with Crippen LogP contribution in [0.1, 0.15) is 25.7 Å². The summed E-state index contributed by atoms with van der Waals surface area (Å²) in [6.45, 7) is 14.3. The van der Waals surface area contributed by atoms with Crippen LogP contribution in [0.5, 0.6) is 0 Å². The fourth-order valence-electron chi connectivity index (χ4n) is 1.40. The molecular formula is C14H30Si2. The lowest BCUT2D eigenvalue weighted by Crippen LogP contribution is -2.15. The van der Waals surface area contributed by atoms with E-state index in [2.05, 4.69) is 62.8 Å². The average molecular weight is 255 g/mol. The Morgan fingerprint density at radius 2 is 0.938 bits per heavy atom. The van der Waals surface area contributed by atoms with E-state index in [1.54, 1.807) is 0 Å². The van der Waals surface area contributed by atoms with E-state index >= 15 is 0 Å². The number of unbranched alkanes of at least 4 members (excludes halogenated alkanes) is 3. The molecule has 94 valence electrons. The summed E-state index contributed by atoms with van der Waals surface area (Å²) in [5.74, 6) is 0. The zero-order valence-corrected chi connectivity index (χ0v) is 14.1. The number of allylic oxidation sites excluding steroid dienone is 2. The molecule has 0 spiro atoms. The van der Waals surface area contributed by atoms with Crippen molar-refractivity contribution in [3.05, 3.63) is 23.6 Å². The molecule has 0 nitrogen and oxygen atoms in total. The molecule has 0 saturated carbocycles. The minimum atomic E-state index is -0.946. The Morgan fingerprint density at radius 3 is 1.19 bits per heavy atom. The zero-order valence-electron chi connectivity index (χ0n) is 12.1. The van der Waals surface area contributed by atoms with Crippen LogP contribution in [0.3, 0.4) is 0 Å². The van der Waals surface area contributed by atoms with Crippen LogP contribution in [0.4, 0.5) is 0 Å². The van der Waals surface area contributed by atoms with Gasteiger partial charge in [0.2, 0.25) is 0 Å². The molecule has 0 aromatic carbocycles. The van der Waals surface area contributed by atoms with Crippen LogP contribution in [0.15, 0.2) is 23.6 Å². The van der Waals surface area contributed by atoms with Gasteiger partial charge in [-0.25, -0.2) is 0 Å². The molecule has 0 N–H and O–H groups in total. The van der Waals surface area contributed by atoms with Gasteiger partial charge in [0.05, 0.1) is 16.1 Å². The van der Waals surface area contributed by atoms with Crippen molar-refractivity contribution in [2.45, 2.75) is 65.0 Å². The van der Waals surface area contributed by atoms with Crippen molar-refractivity contribution in [2.24, 2.45) is 0 Å². The largest absolute Gasteiger partial charge is 0.0989 e. The molecule has 0 unspecified atom stereocenters. The third-order valence-electron chi connectivity index (χ3n) is 2.23. The molecule has 0 rings (SSSR count). The van der Waals surface area contributed by atoms with E-state index in [1.807, 2.05) is 0 Å². The summed E-state index contributed by atoms with van der Waals surface area (Å²) in [7, 11) is -1.89. The van der Waals surface area contributed by atoms with Gasteiger partial charge in [0.15, 0.2) is 0 Å². The second kappa shape index (κ2) is 7.28. The predicted octanol–water partition coefficient (Wildman–Crippen LogP) is 5.41. The SMILES string of the molecule is C[Si](C)(C)/C=C/CCCC/C=C/[Si](C)(C)C. The van der Waals surface area contributed by atoms with E-state index in [0.717, 1.165) is 0 Å². The highest BCUT2D eigenvalue weighted by atomic mass is 28.3. The van der Waals surface area contributed by atoms with Gasteiger partial charge in [0.1, 0.15) is 0 Å². The van der Waals surface area contributed by atoms with Crippen molar-refractivity contribution in [3.8, 4) is 0 Å². The van der Waals surface area contributed by atoms with Crippen molar-refractivity contribution in [1.82, 2.24) is 0 Å². The van der Waals surface area contributed by atoms with E-state index in [1.165, 1.54) is 25.7 Å². The standard InChI is InChI=1S/C14H30Si2/c1-15(2,3)13-11-9-7-8-10-12-14-16(4,5)6/h11-14H,7-10H2,1-6H3/b13-11+,14-12+. The zero-order chi connectivity index (χ0) is 12.7. The van der Waals surface area contributed by atoms with Gasteiger partial charge in [-0.1, -0.05) is 62.8 Å². The molecule has 0 heterocycles. The summed E-state index contributed by atoms with van der Waals surface area (Å²) in [6.07, 6.45) is 10.0. The van der Waals surface area contributed by atoms with E-state index in [4.69, 9.17) is 0 Å². The Morgan fingerprint density at radius 1 is 0.625 bits per heavy atom. The molecule has 0 fully saturated rings. The smallest absolute Gasteiger partial charge is 0.0682 e. The fraction of sp³-hybridized carbons (Fsp3) is 0.714. The second-order valence-electron chi connectivity index (χ2n) is 6.82. The van der Waals surface area contributed by atoms with Crippen LogP contribution in [0.2, 0.25) is 39.3 Å². The summed E-state index contributed by atoms with van der Waals surface area (Å²) < 4.78 is 0. The van der Waals surface area contributed by atoms with Gasteiger partial charge in [-0.2, -0.15) is 0 Å². The molecule has 0 aliphatic carbocycles. The first kappa shape index (κ1) is 15.9. The number of rotatable bonds is 7. The molecule has 0 saturated heterocycles. The van der Waals surface area contributed by atoms with Crippen molar-refractivity contribution in [2.75, 3.05) is 0 Å². The maximum Gasteiger partial charge on any atom is 0.0682 e. The molecule has 16 heavy (non-hydrogen) atoms. The Kier molecular flexibility index (Phi) is 7.24. The predicted molar refractivity (Wildman–Crippen MR) is 83.4 cm³/mol. The van der Waals surface area contributed by atoms with Crippen LogP contribution in [-0.2, 0) is 0 Å². The van der Waals surface area contributed by atoms with Crippen molar-refractivity contribution in [1.29, 1.82) is 0 Å². The molecule has 0 amide bonds. The van der Waals surface area contributed by atoms with Gasteiger partial charge in [-0.05, 0) is 25.7 Å². The molecular weight excluding hydrogens is 224 g/mol. The van der Waals surface area contributed by atoms with Gasteiger partial charge in [-0.3, -0.25) is 0 Å². The van der Waals surface area contributed by atoms with Gasteiger partial charge >= 0.3 is 0 Å². The topological polar surface area (TPSA) is 0 Å². The molecule has 0 radical (unpaired) electrons. The van der Waals surface area contributed by atoms with Crippen LogP contribution >= 0.6 is 0 Å². The van der Waals surface area contributed by atoms with Crippen molar-refractivity contribution in [3.63, 3.8) is 0 Å². The monoisotopic (exact) mass is 254 g/mol. The van der Waals surface area contributed by atoms with Gasteiger partial charge in [-0.15, -0.1) is 0 Å². The van der Waals surface area contributed by atoms with Gasteiger partial charge < -0.3 is 0 Å². The first-order chi connectivity index (χ1) is 7.21. The molecule has 0 bridgehead atoms. The third kappa shape index (κ3) is 13.9. The first-order valence-corrected chi connectivity index (χ1v) is 13.7. The van der Waals surface area contributed by atoms with E-state index < -0.39 is 16.1 Å². The molecule has 2 heteroatoms. The fourth-order valence-corrected chi connectivity index (χ4v) is 3.15. The highest BCUT2D eigenvalue weighted by Gasteiger charge is 2.06. The number of hydrogen-bond acceptors (Lipinski definition) is 0. The minimum absolute atomic E-state index is 0.946. The van der Waals surface area contributed by atoms with Crippen LogP contribution < -0.4 is 0 Å². The summed E-state index contributed by atoms with van der Waals surface area (Å²) >= 11 is 0. The quantitative estimate of drug-likeness (QED) is 0.421. The van der Waals surface area contributed by atoms with E-state index in [-0.39, 0.29) is 0 Å². The van der Waals surface area contributed by atoms with Gasteiger partial charge in [0.25, 0.3) is 0 Å². The Hall–Kier alpha value is -0.0862. The third-order valence-corrected chi connectivity index (χ3v) is 4.70. The minimum Gasteiger partial charge on any atom is -0.0989 e. The van der Waals surface area contributed by atoms with Crippen LogP contribution in [-0.4, -0.2) is 16.1 Å². The summed E-state index contributed by atoms with van der Waals surface area (Å²) in [5, 5.41) is 0. The molecule has 0 aromatic rings. The van der Waals surface area contributed by atoms with Crippen molar-refractivity contribution >= 4 is 16.1 Å².